The molecule has 20 atom stereocenters. The summed E-state index contributed by atoms with van der Waals surface area (Å²) in [6.45, 7) is 1.43. The first kappa shape index (κ1) is 64.6. The average molecular weight is 1110 g/mol. The summed E-state index contributed by atoms with van der Waals surface area (Å²) in [6.07, 6.45) is -14.6. The Morgan fingerprint density at radius 3 is 1.23 bits per heavy atom. The van der Waals surface area contributed by atoms with Gasteiger partial charge in [-0.25, -0.2) is 4.18 Å². The van der Waals surface area contributed by atoms with Gasteiger partial charge >= 0.3 is 10.4 Å². The number of aliphatic hydroxyl groups excluding tert-OH is 9. The molecule has 0 spiro atoms. The minimum absolute atomic E-state index is 0.0409. The average Bonchev–Trinajstić information content (AvgIpc) is 3.34. The van der Waals surface area contributed by atoms with Gasteiger partial charge in [0.25, 0.3) is 0 Å². The van der Waals surface area contributed by atoms with E-state index in [1.54, 1.807) is 0 Å². The van der Waals surface area contributed by atoms with Crippen molar-refractivity contribution in [2.24, 2.45) is 0 Å². The van der Waals surface area contributed by atoms with E-state index in [-0.39, 0.29) is 6.42 Å². The van der Waals surface area contributed by atoms with Crippen LogP contribution in [0.5, 0.6) is 0 Å². The summed E-state index contributed by atoms with van der Waals surface area (Å²) in [4.78, 5) is 50.5. The van der Waals surface area contributed by atoms with Gasteiger partial charge in [0.1, 0.15) is 97.4 Å². The van der Waals surface area contributed by atoms with E-state index >= 15 is 0 Å². The number of carbonyl (C=O) groups is 4. The normalized spacial score (nSPS) is 36.3. The third kappa shape index (κ3) is 19.5. The van der Waals surface area contributed by atoms with Crippen LogP contribution in [-0.4, -0.2) is 232 Å². The molecule has 4 rings (SSSR count). The fourth-order valence-electron chi connectivity index (χ4n) is 9.64. The number of ether oxygens (including phenoxy) is 7. The lowest BCUT2D eigenvalue weighted by molar-refractivity contribution is -0.361. The highest BCUT2D eigenvalue weighted by Crippen LogP contribution is 2.35. The van der Waals surface area contributed by atoms with Crippen LogP contribution in [0.4, 0.5) is 0 Å². The molecular weight excluding hydrogens is 1020 g/mol. The first-order valence-electron chi connectivity index (χ1n) is 25.8. The van der Waals surface area contributed by atoms with Crippen LogP contribution in [0.15, 0.2) is 0 Å². The summed E-state index contributed by atoms with van der Waals surface area (Å²) in [5.41, 5.74) is 0. The molecule has 0 saturated carbocycles. The van der Waals surface area contributed by atoms with E-state index in [1.807, 2.05) is 0 Å². The van der Waals surface area contributed by atoms with Crippen molar-refractivity contribution in [2.75, 3.05) is 26.4 Å². The van der Waals surface area contributed by atoms with Crippen molar-refractivity contribution in [3.8, 4) is 0 Å². The molecule has 0 bridgehead atoms. The molecule has 5 unspecified atom stereocenters. The molecule has 0 radical (unpaired) electrons. The van der Waals surface area contributed by atoms with Crippen molar-refractivity contribution < 1.29 is 115 Å². The zero-order valence-electron chi connectivity index (χ0n) is 42.9. The second-order valence-corrected chi connectivity index (χ2v) is 20.6. The second-order valence-electron chi connectivity index (χ2n) is 19.5. The van der Waals surface area contributed by atoms with Crippen LogP contribution in [0.2, 0.25) is 0 Å². The van der Waals surface area contributed by atoms with Crippen molar-refractivity contribution in [3.05, 3.63) is 0 Å². The number of unbranched alkanes of at least 4 members (excludes halogenated alkanes) is 12. The van der Waals surface area contributed by atoms with E-state index in [9.17, 15) is 78.1 Å². The fourth-order valence-corrected chi connectivity index (χ4v) is 9.94. The minimum atomic E-state index is -5.15. The molecular formula is C46H82N4O24S. The van der Waals surface area contributed by atoms with Gasteiger partial charge in [0.05, 0.1) is 26.4 Å². The highest BCUT2D eigenvalue weighted by atomic mass is 32.3. The molecule has 0 aromatic carbocycles. The van der Waals surface area contributed by atoms with Gasteiger partial charge in [-0.15, -0.1) is 0 Å². The molecule has 0 aromatic rings. The Bertz CT molecular complexity index is 1860. The third-order valence-electron chi connectivity index (χ3n) is 13.5. The van der Waals surface area contributed by atoms with Gasteiger partial charge in [0.2, 0.25) is 23.6 Å². The SMILES string of the molecule is CCCCCCCCCCCCCCCC(=O)N[C@@H]1C(O)[C@H](O)[C@@H](CO)O[C@H]1O[C@H]1C(O)[C@@H](NC(C)=O)[C@H](O[C@H]2C(O)[C@@H](NC(C)=O)[C@H](O[C@H]3C(O)[C@@H](NC(C)=O)C(O)O[C@@H]3COS(=O)(=O)O)O[C@@H]2CO)O[C@@H]1CO. The van der Waals surface area contributed by atoms with E-state index in [0.717, 1.165) is 52.9 Å². The summed E-state index contributed by atoms with van der Waals surface area (Å²) in [5, 5.41) is 109. The molecule has 29 heteroatoms. The quantitative estimate of drug-likeness (QED) is 0.0242. The number of hydrogen-bond acceptors (Lipinski definition) is 23. The Morgan fingerprint density at radius 1 is 0.467 bits per heavy atom. The highest BCUT2D eigenvalue weighted by Gasteiger charge is 2.56. The molecule has 4 aliphatic rings. The molecule has 28 nitrogen and oxygen atoms in total. The predicted molar refractivity (Wildman–Crippen MR) is 255 cm³/mol. The van der Waals surface area contributed by atoms with Crippen LogP contribution in [0.3, 0.4) is 0 Å². The summed E-state index contributed by atoms with van der Waals surface area (Å²) < 4.78 is 77.9. The van der Waals surface area contributed by atoms with E-state index in [1.165, 1.54) is 44.9 Å². The van der Waals surface area contributed by atoms with Crippen molar-refractivity contribution in [1.29, 1.82) is 0 Å². The van der Waals surface area contributed by atoms with Crippen molar-refractivity contribution in [3.63, 3.8) is 0 Å². The number of aliphatic hydroxyl groups is 9. The predicted octanol–water partition coefficient (Wildman–Crippen LogP) is -3.89. The third-order valence-corrected chi connectivity index (χ3v) is 13.9. The number of amides is 4. The lowest BCUT2D eigenvalue weighted by Crippen LogP contribution is -2.71. The van der Waals surface area contributed by atoms with Crippen LogP contribution in [-0.2, 0) is 66.9 Å². The molecule has 4 saturated heterocycles. The van der Waals surface area contributed by atoms with Crippen molar-refractivity contribution in [1.82, 2.24) is 21.3 Å². The molecule has 0 aromatic heterocycles. The second kappa shape index (κ2) is 31.6. The lowest BCUT2D eigenvalue weighted by Gasteiger charge is -2.51. The Morgan fingerprint density at radius 2 is 0.827 bits per heavy atom. The first-order valence-corrected chi connectivity index (χ1v) is 27.1. The van der Waals surface area contributed by atoms with Crippen LogP contribution >= 0.6 is 0 Å². The van der Waals surface area contributed by atoms with Crippen molar-refractivity contribution >= 4 is 34.0 Å². The molecule has 4 heterocycles. The van der Waals surface area contributed by atoms with Gasteiger partial charge in [0, 0.05) is 27.2 Å². The molecule has 0 aliphatic carbocycles. The summed E-state index contributed by atoms with van der Waals surface area (Å²) >= 11 is 0. The van der Waals surface area contributed by atoms with Gasteiger partial charge < -0.3 is 100 Å². The Labute approximate surface area is 436 Å². The maximum absolute atomic E-state index is 13.3. The number of nitrogens with one attached hydrogen (secondary N) is 4. The topological polar surface area (TPSA) is 427 Å². The largest absolute Gasteiger partial charge is 0.397 e. The van der Waals surface area contributed by atoms with Crippen LogP contribution in [0.1, 0.15) is 118 Å². The zero-order chi connectivity index (χ0) is 55.6. The molecule has 4 aliphatic heterocycles. The van der Waals surface area contributed by atoms with Crippen LogP contribution in [0.25, 0.3) is 0 Å². The maximum atomic E-state index is 13.3. The van der Waals surface area contributed by atoms with Crippen molar-refractivity contribution in [2.45, 2.75) is 240 Å². The smallest absolute Gasteiger partial charge is 0.394 e. The van der Waals surface area contributed by atoms with E-state index in [0.29, 0.717) is 6.42 Å². The molecule has 4 amide bonds. The minimum Gasteiger partial charge on any atom is -0.394 e. The van der Waals surface area contributed by atoms with Crippen LogP contribution < -0.4 is 21.3 Å². The highest BCUT2D eigenvalue weighted by molar-refractivity contribution is 7.80. The number of carbonyl (C=O) groups excluding carboxylic acids is 4. The monoisotopic (exact) mass is 1110 g/mol. The Balaban J connectivity index is 1.49. The summed E-state index contributed by atoms with van der Waals surface area (Å²) in [7, 11) is -5.15. The standard InChI is InChI=1S/C46H82N4O24S/c1-5-6-7-8-9-10-11-12-13-14-15-16-17-18-30(57)50-32-36(59)35(58)26(19-51)69-44(32)72-40-27(20-52)70-45(33(38(40)61)48-24(3)55)73-41-28(21-53)71-46(34(39(41)62)49-25(4)56)74-42-29(22-67-75(64,65)66)68-43(63)31(37(42)60)47-23(2)54/h26-29,31-46,51-53,58-63H,5-22H2,1-4H3,(H,47,54)(H,48,55)(H,49,56)(H,50,57)(H,64,65,66)/t26-,27-,28-,29-,31-,32-,33-,34-,35-,36?,37?,38?,39?,40-,41-,42-,43?,44+,45+,46+/m1/s1. The summed E-state index contributed by atoms with van der Waals surface area (Å²) in [5.74, 6) is -2.90. The zero-order valence-corrected chi connectivity index (χ0v) is 43.7. The molecule has 4 fully saturated rings. The van der Waals surface area contributed by atoms with Gasteiger partial charge in [-0.3, -0.25) is 23.7 Å². The fraction of sp³-hybridized carbons (Fsp3) is 0.913. The molecule has 75 heavy (non-hydrogen) atoms. The number of hydrogen-bond donors (Lipinski definition) is 14. The lowest BCUT2D eigenvalue weighted by atomic mass is 9.93. The maximum Gasteiger partial charge on any atom is 0.397 e. The number of rotatable bonds is 30. The summed E-state index contributed by atoms with van der Waals surface area (Å²) in [6, 6.07) is -6.57. The van der Waals surface area contributed by atoms with Crippen LogP contribution in [0, 0.1) is 0 Å². The van der Waals surface area contributed by atoms with Gasteiger partial charge in [-0.2, -0.15) is 8.42 Å². The van der Waals surface area contributed by atoms with Gasteiger partial charge in [-0.05, 0) is 6.42 Å². The molecule has 436 valence electrons. The van der Waals surface area contributed by atoms with Gasteiger partial charge in [-0.1, -0.05) is 84.0 Å². The van der Waals surface area contributed by atoms with Gasteiger partial charge in [0.15, 0.2) is 25.2 Å². The van der Waals surface area contributed by atoms with E-state index < -0.39 is 183 Å². The van der Waals surface area contributed by atoms with E-state index in [2.05, 4.69) is 32.4 Å². The Kier molecular flexibility index (Phi) is 27.3. The molecule has 14 N–H and O–H groups in total. The Hall–Kier alpha value is -2.89. The van der Waals surface area contributed by atoms with E-state index in [4.69, 9.17) is 33.2 Å². The first-order chi connectivity index (χ1) is 35.5.